The van der Waals surface area contributed by atoms with Crippen LogP contribution >= 0.6 is 0 Å². The fourth-order valence-electron chi connectivity index (χ4n) is 2.07. The third kappa shape index (κ3) is 6.78. The lowest BCUT2D eigenvalue weighted by Crippen LogP contribution is -2.29. The molecular formula is C15H23N3O2. The van der Waals surface area contributed by atoms with Gasteiger partial charge in [-0.05, 0) is 49.9 Å². The van der Waals surface area contributed by atoms with Crippen molar-refractivity contribution in [3.8, 4) is 0 Å². The SMILES string of the molecule is Cc1cc(C)cc(NC(=O)CCCCCNC(N)=O)c1. The Labute approximate surface area is 119 Å². The monoisotopic (exact) mass is 277 g/mol. The highest BCUT2D eigenvalue weighted by atomic mass is 16.2. The lowest BCUT2D eigenvalue weighted by Gasteiger charge is -2.07. The molecule has 0 spiro atoms. The topological polar surface area (TPSA) is 84.2 Å². The number of aryl methyl sites for hydroxylation is 2. The maximum Gasteiger partial charge on any atom is 0.312 e. The Morgan fingerprint density at radius 1 is 1.05 bits per heavy atom. The van der Waals surface area contributed by atoms with E-state index in [1.54, 1.807) is 0 Å². The van der Waals surface area contributed by atoms with Gasteiger partial charge in [-0.1, -0.05) is 12.5 Å². The molecule has 0 bridgehead atoms. The molecule has 1 aromatic carbocycles. The third-order valence-electron chi connectivity index (χ3n) is 2.89. The number of benzene rings is 1. The van der Waals surface area contributed by atoms with Crippen molar-refractivity contribution >= 4 is 17.6 Å². The Kier molecular flexibility index (Phi) is 6.56. The molecule has 0 unspecified atom stereocenters. The molecule has 0 aliphatic carbocycles. The first-order valence-corrected chi connectivity index (χ1v) is 6.89. The van der Waals surface area contributed by atoms with Crippen LogP contribution in [-0.2, 0) is 4.79 Å². The van der Waals surface area contributed by atoms with E-state index in [0.29, 0.717) is 13.0 Å². The van der Waals surface area contributed by atoms with Crippen LogP contribution in [0.4, 0.5) is 10.5 Å². The fourth-order valence-corrected chi connectivity index (χ4v) is 2.07. The normalized spacial score (nSPS) is 10.1. The average molecular weight is 277 g/mol. The molecule has 1 aromatic rings. The number of anilines is 1. The number of nitrogens with two attached hydrogens (primary N) is 1. The molecule has 3 amide bonds. The molecule has 0 saturated heterocycles. The third-order valence-corrected chi connectivity index (χ3v) is 2.89. The van der Waals surface area contributed by atoms with Gasteiger partial charge in [-0.15, -0.1) is 0 Å². The summed E-state index contributed by atoms with van der Waals surface area (Å²) in [7, 11) is 0. The lowest BCUT2D eigenvalue weighted by molar-refractivity contribution is -0.116. The average Bonchev–Trinajstić information content (AvgIpc) is 2.31. The molecule has 1 rings (SSSR count). The molecule has 0 fully saturated rings. The molecule has 0 saturated carbocycles. The Morgan fingerprint density at radius 3 is 2.30 bits per heavy atom. The second kappa shape index (κ2) is 8.19. The number of unbranched alkanes of at least 4 members (excludes halogenated alkanes) is 2. The van der Waals surface area contributed by atoms with E-state index in [4.69, 9.17) is 5.73 Å². The first-order valence-electron chi connectivity index (χ1n) is 6.89. The minimum Gasteiger partial charge on any atom is -0.352 e. The number of rotatable bonds is 7. The van der Waals surface area contributed by atoms with E-state index in [2.05, 4.69) is 16.7 Å². The Morgan fingerprint density at radius 2 is 1.70 bits per heavy atom. The summed E-state index contributed by atoms with van der Waals surface area (Å²) in [5.74, 6) is 0.0258. The summed E-state index contributed by atoms with van der Waals surface area (Å²) in [5.41, 5.74) is 8.08. The number of carbonyl (C=O) groups excluding carboxylic acids is 2. The molecule has 0 aliphatic heterocycles. The zero-order valence-electron chi connectivity index (χ0n) is 12.2. The van der Waals surface area contributed by atoms with Crippen molar-refractivity contribution in [3.63, 3.8) is 0 Å². The van der Waals surface area contributed by atoms with Crippen LogP contribution in [0.15, 0.2) is 18.2 Å². The van der Waals surface area contributed by atoms with E-state index >= 15 is 0 Å². The number of carbonyl (C=O) groups is 2. The number of nitrogens with one attached hydrogen (secondary N) is 2. The van der Waals surface area contributed by atoms with E-state index in [-0.39, 0.29) is 5.91 Å². The fraction of sp³-hybridized carbons (Fsp3) is 0.467. The van der Waals surface area contributed by atoms with Crippen molar-refractivity contribution in [1.82, 2.24) is 5.32 Å². The molecule has 5 nitrogen and oxygen atoms in total. The maximum atomic E-state index is 11.8. The molecule has 0 radical (unpaired) electrons. The minimum absolute atomic E-state index is 0.0258. The van der Waals surface area contributed by atoms with Gasteiger partial charge in [0.05, 0.1) is 0 Å². The molecular weight excluding hydrogens is 254 g/mol. The van der Waals surface area contributed by atoms with Crippen molar-refractivity contribution in [2.24, 2.45) is 5.73 Å². The van der Waals surface area contributed by atoms with Crippen LogP contribution < -0.4 is 16.4 Å². The predicted molar refractivity (Wildman–Crippen MR) is 80.6 cm³/mol. The van der Waals surface area contributed by atoms with Crippen LogP contribution in [0.3, 0.4) is 0 Å². The van der Waals surface area contributed by atoms with E-state index in [0.717, 1.165) is 36.1 Å². The summed E-state index contributed by atoms with van der Waals surface area (Å²) in [6.45, 7) is 4.58. The van der Waals surface area contributed by atoms with Crippen LogP contribution in [0.1, 0.15) is 36.8 Å². The first-order chi connectivity index (χ1) is 9.47. The van der Waals surface area contributed by atoms with Crippen LogP contribution in [0.2, 0.25) is 0 Å². The van der Waals surface area contributed by atoms with Crippen molar-refractivity contribution in [2.75, 3.05) is 11.9 Å². The molecule has 0 heterocycles. The van der Waals surface area contributed by atoms with Gasteiger partial charge in [0.25, 0.3) is 0 Å². The van der Waals surface area contributed by atoms with Crippen LogP contribution in [0.25, 0.3) is 0 Å². The van der Waals surface area contributed by atoms with Crippen molar-refractivity contribution in [3.05, 3.63) is 29.3 Å². The van der Waals surface area contributed by atoms with Gasteiger partial charge in [0.15, 0.2) is 0 Å². The predicted octanol–water partition coefficient (Wildman–Crippen LogP) is 2.47. The van der Waals surface area contributed by atoms with E-state index in [1.165, 1.54) is 0 Å². The van der Waals surface area contributed by atoms with Gasteiger partial charge >= 0.3 is 6.03 Å². The van der Waals surface area contributed by atoms with Crippen molar-refractivity contribution in [2.45, 2.75) is 39.5 Å². The Balaban J connectivity index is 2.21. The zero-order chi connectivity index (χ0) is 15.0. The summed E-state index contributed by atoms with van der Waals surface area (Å²) in [5, 5.41) is 5.43. The Bertz CT molecular complexity index is 452. The second-order valence-corrected chi connectivity index (χ2v) is 5.03. The van der Waals surface area contributed by atoms with E-state index in [9.17, 15) is 9.59 Å². The van der Waals surface area contributed by atoms with E-state index < -0.39 is 6.03 Å². The summed E-state index contributed by atoms with van der Waals surface area (Å²) < 4.78 is 0. The molecule has 0 aromatic heterocycles. The standard InChI is InChI=1S/C15H23N3O2/c1-11-8-12(2)10-13(9-11)18-14(19)6-4-3-5-7-17-15(16)20/h8-10H,3-7H2,1-2H3,(H,18,19)(H3,16,17,20). The Hall–Kier alpha value is -2.04. The molecule has 20 heavy (non-hydrogen) atoms. The second-order valence-electron chi connectivity index (χ2n) is 5.03. The largest absolute Gasteiger partial charge is 0.352 e. The smallest absolute Gasteiger partial charge is 0.312 e. The van der Waals surface area contributed by atoms with Gasteiger partial charge in [0.2, 0.25) is 5.91 Å². The maximum absolute atomic E-state index is 11.8. The molecule has 5 heteroatoms. The highest BCUT2D eigenvalue weighted by Gasteiger charge is 2.03. The van der Waals surface area contributed by atoms with E-state index in [1.807, 2.05) is 26.0 Å². The molecule has 110 valence electrons. The van der Waals surface area contributed by atoms with Crippen LogP contribution in [0.5, 0.6) is 0 Å². The van der Waals surface area contributed by atoms with Crippen molar-refractivity contribution < 1.29 is 9.59 Å². The summed E-state index contributed by atoms with van der Waals surface area (Å²) in [6.07, 6.45) is 3.01. The molecule has 4 N–H and O–H groups in total. The number of amides is 3. The summed E-state index contributed by atoms with van der Waals surface area (Å²) in [4.78, 5) is 22.2. The van der Waals surface area contributed by atoms with Gasteiger partial charge in [-0.2, -0.15) is 0 Å². The summed E-state index contributed by atoms with van der Waals surface area (Å²) in [6, 6.07) is 5.49. The van der Waals surface area contributed by atoms with Gasteiger partial charge in [0.1, 0.15) is 0 Å². The first kappa shape index (κ1) is 16.0. The highest BCUT2D eigenvalue weighted by Crippen LogP contribution is 2.14. The number of hydrogen-bond donors (Lipinski definition) is 3. The quantitative estimate of drug-likeness (QED) is 0.669. The molecule has 0 atom stereocenters. The van der Waals surface area contributed by atoms with Crippen molar-refractivity contribution in [1.29, 1.82) is 0 Å². The minimum atomic E-state index is -0.502. The lowest BCUT2D eigenvalue weighted by atomic mass is 10.1. The molecule has 0 aliphatic rings. The zero-order valence-corrected chi connectivity index (χ0v) is 12.2. The highest BCUT2D eigenvalue weighted by molar-refractivity contribution is 5.90. The number of urea groups is 1. The van der Waals surface area contributed by atoms with Gasteiger partial charge in [-0.3, -0.25) is 4.79 Å². The number of hydrogen-bond acceptors (Lipinski definition) is 2. The summed E-state index contributed by atoms with van der Waals surface area (Å²) >= 11 is 0. The van der Waals surface area contributed by atoms with Gasteiger partial charge < -0.3 is 16.4 Å². The van der Waals surface area contributed by atoms with Crippen LogP contribution in [0, 0.1) is 13.8 Å². The number of primary amides is 1. The van der Waals surface area contributed by atoms with Gasteiger partial charge in [-0.25, -0.2) is 4.79 Å². The van der Waals surface area contributed by atoms with Crippen LogP contribution in [-0.4, -0.2) is 18.5 Å². The van der Waals surface area contributed by atoms with Gasteiger partial charge in [0, 0.05) is 18.7 Å².